The normalized spacial score (nSPS) is 29.1. The number of aromatic nitrogens is 4. The number of anilines is 1. The Morgan fingerprint density at radius 2 is 1.97 bits per heavy atom. The van der Waals surface area contributed by atoms with Crippen LogP contribution in [0, 0.1) is 0 Å². The van der Waals surface area contributed by atoms with Crippen molar-refractivity contribution in [1.29, 1.82) is 0 Å². The number of hydrogen-bond acceptors (Lipinski definition) is 8. The van der Waals surface area contributed by atoms with Crippen LogP contribution in [0.3, 0.4) is 0 Å². The van der Waals surface area contributed by atoms with Crippen LogP contribution in [-0.4, -0.2) is 72.1 Å². The zero-order valence-corrected chi connectivity index (χ0v) is 19.7. The van der Waals surface area contributed by atoms with Crippen LogP contribution in [0.2, 0.25) is 0 Å². The molecule has 2 aliphatic rings. The van der Waals surface area contributed by atoms with E-state index in [1.165, 1.54) is 6.33 Å². The van der Waals surface area contributed by atoms with E-state index < -0.39 is 5.79 Å². The maximum absolute atomic E-state index is 6.44. The first-order valence-corrected chi connectivity index (χ1v) is 10.9. The summed E-state index contributed by atoms with van der Waals surface area (Å²) in [5, 5.41) is 0. The third-order valence-corrected chi connectivity index (χ3v) is 5.91. The van der Waals surface area contributed by atoms with Gasteiger partial charge in [-0.1, -0.05) is 36.4 Å². The van der Waals surface area contributed by atoms with Gasteiger partial charge in [-0.3, -0.25) is 4.57 Å². The molecule has 0 aliphatic carbocycles. The minimum atomic E-state index is -0.664. The van der Waals surface area contributed by atoms with Gasteiger partial charge in [0.15, 0.2) is 23.5 Å². The van der Waals surface area contributed by atoms with E-state index in [1.807, 2.05) is 18.4 Å². The number of likely N-dealkylation sites (N-methyl/N-ethyl adjacent to an activating group) is 1. The molecule has 2 saturated heterocycles. The van der Waals surface area contributed by atoms with Gasteiger partial charge in [-0.15, -0.1) is 0 Å². The largest absolute Gasteiger partial charge is 0.382 e. The summed E-state index contributed by atoms with van der Waals surface area (Å²) in [6, 6.07) is 0. The summed E-state index contributed by atoms with van der Waals surface area (Å²) in [7, 11) is 2.12. The fraction of sp³-hybridized carbons (Fsp3) is 0.737. The third-order valence-electron chi connectivity index (χ3n) is 5.37. The second-order valence-corrected chi connectivity index (χ2v) is 11.9. The molecule has 2 fully saturated rings. The number of rotatable bonds is 6. The van der Waals surface area contributed by atoms with Gasteiger partial charge < -0.3 is 24.8 Å². The molecule has 4 heterocycles. The first kappa shape index (κ1) is 21.2. The number of fused-ring (bicyclic) bond motifs is 2. The van der Waals surface area contributed by atoms with Crippen LogP contribution in [0.15, 0.2) is 12.7 Å². The van der Waals surface area contributed by atoms with Gasteiger partial charge in [0, 0.05) is 9.97 Å². The van der Waals surface area contributed by atoms with Crippen molar-refractivity contribution in [2.45, 2.75) is 67.9 Å². The fourth-order valence-electron chi connectivity index (χ4n) is 3.94. The summed E-state index contributed by atoms with van der Waals surface area (Å²) in [5.41, 5.74) is 7.15. The van der Waals surface area contributed by atoms with Gasteiger partial charge in [-0.25, -0.2) is 15.0 Å². The number of imidazole rings is 1. The molecule has 4 atom stereocenters. The Morgan fingerprint density at radius 3 is 2.69 bits per heavy atom. The lowest BCUT2D eigenvalue weighted by Crippen LogP contribution is -2.39. The van der Waals surface area contributed by atoms with Crippen molar-refractivity contribution in [1.82, 2.24) is 24.4 Å². The monoisotopic (exact) mass is 516 g/mol. The average Bonchev–Trinajstić information content (AvgIpc) is 3.25. The number of alkyl halides is 1. The molecule has 10 heteroatoms. The topological polar surface area (TPSA) is 101 Å². The molecule has 0 amide bonds. The maximum atomic E-state index is 6.44. The molecular weight excluding hydrogens is 487 g/mol. The minimum Gasteiger partial charge on any atom is -0.382 e. The predicted octanol–water partition coefficient (Wildman–Crippen LogP) is 2.36. The zero-order chi connectivity index (χ0) is 21.0. The number of nitrogen functional groups attached to an aromatic ring is 1. The Bertz CT molecular complexity index is 882. The lowest BCUT2D eigenvalue weighted by molar-refractivity contribution is -0.197. The lowest BCUT2D eigenvalue weighted by atomic mass is 10.1. The molecule has 2 N–H and O–H groups in total. The van der Waals surface area contributed by atoms with Crippen molar-refractivity contribution in [3.8, 4) is 0 Å². The Labute approximate surface area is 184 Å². The van der Waals surface area contributed by atoms with Crippen LogP contribution in [0.1, 0.15) is 40.3 Å². The van der Waals surface area contributed by atoms with Gasteiger partial charge in [0.05, 0.1) is 6.33 Å². The van der Waals surface area contributed by atoms with Gasteiger partial charge in [0.1, 0.15) is 30.2 Å². The second-order valence-electron chi connectivity index (χ2n) is 8.94. The molecule has 0 unspecified atom stereocenters. The number of nitrogens with zero attached hydrogens (tertiary/aromatic N) is 5. The fourth-order valence-corrected chi connectivity index (χ4v) is 4.18. The lowest BCUT2D eigenvalue weighted by Gasteiger charge is -2.28. The van der Waals surface area contributed by atoms with Gasteiger partial charge in [-0.05, 0) is 33.9 Å². The van der Waals surface area contributed by atoms with E-state index in [0.29, 0.717) is 17.0 Å². The summed E-state index contributed by atoms with van der Waals surface area (Å²) in [5.74, 6) is -0.312. The van der Waals surface area contributed by atoms with Gasteiger partial charge in [0.2, 0.25) is 0 Å². The minimum absolute atomic E-state index is 0.120. The molecule has 2 aliphatic heterocycles. The van der Waals surface area contributed by atoms with Crippen molar-refractivity contribution in [2.24, 2.45) is 0 Å². The Kier molecular flexibility index (Phi) is 5.52. The molecule has 160 valence electrons. The van der Waals surface area contributed by atoms with Crippen LogP contribution in [-0.2, 0) is 14.2 Å². The van der Waals surface area contributed by atoms with Crippen LogP contribution in [0.5, 0.6) is 0 Å². The van der Waals surface area contributed by atoms with Crippen molar-refractivity contribution in [3.05, 3.63) is 12.7 Å². The van der Waals surface area contributed by atoms with E-state index in [4.69, 9.17) is 19.9 Å². The van der Waals surface area contributed by atoms with Crippen LogP contribution in [0.25, 0.3) is 11.2 Å². The van der Waals surface area contributed by atoms with Crippen molar-refractivity contribution < 1.29 is 14.2 Å². The molecule has 0 spiro atoms. The summed E-state index contributed by atoms with van der Waals surface area (Å²) >= 11 is 2.49. The third kappa shape index (κ3) is 4.36. The summed E-state index contributed by atoms with van der Waals surface area (Å²) < 4.78 is 21.0. The second kappa shape index (κ2) is 7.56. The molecule has 29 heavy (non-hydrogen) atoms. The predicted molar refractivity (Wildman–Crippen MR) is 118 cm³/mol. The van der Waals surface area contributed by atoms with E-state index in [1.54, 1.807) is 6.33 Å². The highest BCUT2D eigenvalue weighted by Crippen LogP contribution is 2.44. The smallest absolute Gasteiger partial charge is 0.167 e. The van der Waals surface area contributed by atoms with E-state index in [2.05, 4.69) is 63.3 Å². The molecule has 0 bridgehead atoms. The molecule has 0 saturated carbocycles. The van der Waals surface area contributed by atoms with Gasteiger partial charge >= 0.3 is 0 Å². The standard InChI is InChI=1S/C19H29IN6O3/c1-18(2,20)6-7-25(5)8-11-13-14(29-19(3,4)28-13)17(27-11)26-10-24-12-15(21)22-9-23-16(12)26/h9-11,13-14,17H,6-8H2,1-5H3,(H2,21,22,23)/t11-,13-,14-,17-/m1/s1. The number of hydrogen-bond donors (Lipinski definition) is 1. The van der Waals surface area contributed by atoms with Crippen LogP contribution in [0.4, 0.5) is 5.82 Å². The van der Waals surface area contributed by atoms with Crippen molar-refractivity contribution in [2.75, 3.05) is 25.9 Å². The van der Waals surface area contributed by atoms with E-state index >= 15 is 0 Å². The molecule has 0 radical (unpaired) electrons. The quantitative estimate of drug-likeness (QED) is 0.462. The van der Waals surface area contributed by atoms with Crippen molar-refractivity contribution >= 4 is 39.6 Å². The Balaban J connectivity index is 1.57. The number of halogens is 1. The zero-order valence-electron chi connectivity index (χ0n) is 17.5. The maximum Gasteiger partial charge on any atom is 0.167 e. The summed E-state index contributed by atoms with van der Waals surface area (Å²) in [6.45, 7) is 10.1. The van der Waals surface area contributed by atoms with Gasteiger partial charge in [0.25, 0.3) is 0 Å². The molecule has 4 rings (SSSR count). The number of ether oxygens (including phenoxy) is 3. The first-order chi connectivity index (χ1) is 13.5. The summed E-state index contributed by atoms with van der Waals surface area (Å²) in [4.78, 5) is 15.1. The van der Waals surface area contributed by atoms with Gasteiger partial charge in [-0.2, -0.15) is 0 Å². The van der Waals surface area contributed by atoms with Crippen LogP contribution < -0.4 is 5.73 Å². The van der Waals surface area contributed by atoms with E-state index in [-0.39, 0.29) is 28.0 Å². The van der Waals surface area contributed by atoms with E-state index in [9.17, 15) is 0 Å². The molecular formula is C19H29IN6O3. The SMILES string of the molecule is CN(CCC(C)(C)I)C[C@H]1O[C@@H](n2cnc3c(N)ncnc32)[C@@H]2OC(C)(C)O[C@@H]21. The highest BCUT2D eigenvalue weighted by molar-refractivity contribution is 14.1. The van der Waals surface area contributed by atoms with Crippen LogP contribution >= 0.6 is 22.6 Å². The highest BCUT2D eigenvalue weighted by Gasteiger charge is 2.56. The highest BCUT2D eigenvalue weighted by atomic mass is 127. The van der Waals surface area contributed by atoms with Crippen molar-refractivity contribution in [3.63, 3.8) is 0 Å². The summed E-state index contributed by atoms with van der Waals surface area (Å²) in [6.07, 6.45) is 3.30. The molecule has 2 aromatic rings. The Hall–Kier alpha value is -1.08. The molecule has 2 aromatic heterocycles. The molecule has 0 aromatic carbocycles. The Morgan fingerprint density at radius 1 is 1.24 bits per heavy atom. The first-order valence-electron chi connectivity index (χ1n) is 9.86. The van der Waals surface area contributed by atoms with E-state index in [0.717, 1.165) is 19.5 Å². The molecule has 9 nitrogen and oxygen atoms in total. The number of nitrogens with two attached hydrogens (primary N) is 1. The average molecular weight is 516 g/mol.